The lowest BCUT2D eigenvalue weighted by Gasteiger charge is -2.30. The van der Waals surface area contributed by atoms with E-state index in [0.717, 1.165) is 38.3 Å². The first-order valence-electron chi connectivity index (χ1n) is 7.46. The highest BCUT2D eigenvalue weighted by Gasteiger charge is 2.18. The molecule has 2 aromatic rings. The van der Waals surface area contributed by atoms with Gasteiger partial charge in [0.25, 0.3) is 0 Å². The van der Waals surface area contributed by atoms with Crippen LogP contribution >= 0.6 is 0 Å². The standard InChI is InChI=1S/C17H20N4/c1-2-4-17(5-3-1)15-20-10-12-21(13-11-20)19-14-16-6-8-18-9-7-16/h1-9,14H,10-13,15H2/p+1/b19-14-. The molecule has 1 fully saturated rings. The van der Waals surface area contributed by atoms with Gasteiger partial charge in [0, 0.05) is 18.0 Å². The second-order valence-electron chi connectivity index (χ2n) is 5.39. The Labute approximate surface area is 125 Å². The van der Waals surface area contributed by atoms with Gasteiger partial charge in [0.15, 0.2) is 0 Å². The molecule has 1 aromatic heterocycles. The van der Waals surface area contributed by atoms with Crippen molar-refractivity contribution in [1.29, 1.82) is 0 Å². The molecule has 21 heavy (non-hydrogen) atoms. The van der Waals surface area contributed by atoms with Crippen LogP contribution in [0.2, 0.25) is 0 Å². The van der Waals surface area contributed by atoms with Gasteiger partial charge in [0.1, 0.15) is 6.54 Å². The predicted octanol–water partition coefficient (Wildman–Crippen LogP) is 0.816. The summed E-state index contributed by atoms with van der Waals surface area (Å²) in [5.74, 6) is 0. The minimum Gasteiger partial charge on any atom is -0.328 e. The third-order valence-electron chi connectivity index (χ3n) is 3.82. The van der Waals surface area contributed by atoms with Crippen molar-refractivity contribution in [1.82, 2.24) is 9.99 Å². The monoisotopic (exact) mass is 281 g/mol. The molecule has 0 atom stereocenters. The van der Waals surface area contributed by atoms with Crippen molar-refractivity contribution in [2.45, 2.75) is 6.54 Å². The Bertz CT molecular complexity index is 560. The number of benzene rings is 1. The smallest absolute Gasteiger partial charge is 0.103 e. The average molecular weight is 281 g/mol. The second kappa shape index (κ2) is 6.99. The number of hydrazone groups is 1. The number of hydrogen-bond acceptors (Lipinski definition) is 3. The lowest BCUT2D eigenvalue weighted by Crippen LogP contribution is -3.13. The van der Waals surface area contributed by atoms with Gasteiger partial charge in [-0.15, -0.1) is 0 Å². The molecule has 0 radical (unpaired) electrons. The summed E-state index contributed by atoms with van der Waals surface area (Å²) in [4.78, 5) is 5.65. The number of nitrogens with one attached hydrogen (secondary N) is 1. The van der Waals surface area contributed by atoms with Crippen LogP contribution in [0.3, 0.4) is 0 Å². The van der Waals surface area contributed by atoms with Gasteiger partial charge in [-0.1, -0.05) is 30.3 Å². The molecule has 4 heteroatoms. The molecule has 1 saturated heterocycles. The van der Waals surface area contributed by atoms with E-state index in [2.05, 4.69) is 45.4 Å². The fraction of sp³-hybridized carbons (Fsp3) is 0.294. The Hall–Kier alpha value is -2.20. The third kappa shape index (κ3) is 4.13. The topological polar surface area (TPSA) is 32.9 Å². The number of piperazine rings is 1. The summed E-state index contributed by atoms with van der Waals surface area (Å²) in [6.45, 7) is 5.43. The SMILES string of the molecule is C(=N/N1CC[NH+](Cc2ccccc2)CC1)/c1ccncc1. The highest BCUT2D eigenvalue weighted by Crippen LogP contribution is 1.98. The molecule has 0 bridgehead atoms. The van der Waals surface area contributed by atoms with Crippen molar-refractivity contribution in [3.05, 3.63) is 66.0 Å². The maximum atomic E-state index is 4.56. The van der Waals surface area contributed by atoms with E-state index in [9.17, 15) is 0 Å². The summed E-state index contributed by atoms with van der Waals surface area (Å²) < 4.78 is 0. The third-order valence-corrected chi connectivity index (χ3v) is 3.82. The molecule has 2 heterocycles. The molecule has 0 saturated carbocycles. The Morgan fingerprint density at radius 3 is 2.48 bits per heavy atom. The van der Waals surface area contributed by atoms with E-state index in [0.29, 0.717) is 0 Å². The molecule has 1 aromatic carbocycles. The van der Waals surface area contributed by atoms with E-state index in [1.54, 1.807) is 17.3 Å². The van der Waals surface area contributed by atoms with Gasteiger partial charge in [-0.2, -0.15) is 5.10 Å². The maximum absolute atomic E-state index is 4.56. The first kappa shape index (κ1) is 13.8. The molecule has 3 rings (SSSR count). The average Bonchev–Trinajstić information content (AvgIpc) is 2.56. The molecular formula is C17H21N4+. The van der Waals surface area contributed by atoms with Crippen molar-refractivity contribution in [3.63, 3.8) is 0 Å². The molecular weight excluding hydrogens is 260 g/mol. The van der Waals surface area contributed by atoms with E-state index < -0.39 is 0 Å². The number of hydrogen-bond donors (Lipinski definition) is 1. The van der Waals surface area contributed by atoms with Gasteiger partial charge in [0.2, 0.25) is 0 Å². The van der Waals surface area contributed by atoms with Crippen LogP contribution in [0.5, 0.6) is 0 Å². The van der Waals surface area contributed by atoms with Gasteiger partial charge in [0.05, 0.1) is 32.4 Å². The molecule has 108 valence electrons. The van der Waals surface area contributed by atoms with Gasteiger partial charge >= 0.3 is 0 Å². The van der Waals surface area contributed by atoms with Crippen LogP contribution in [0.1, 0.15) is 11.1 Å². The molecule has 1 N–H and O–H groups in total. The van der Waals surface area contributed by atoms with Crippen LogP contribution in [0.15, 0.2) is 60.0 Å². The zero-order valence-corrected chi connectivity index (χ0v) is 12.2. The van der Waals surface area contributed by atoms with Crippen molar-refractivity contribution < 1.29 is 4.90 Å². The Kier molecular flexibility index (Phi) is 4.59. The lowest BCUT2D eigenvalue weighted by atomic mass is 10.2. The van der Waals surface area contributed by atoms with Gasteiger partial charge < -0.3 is 4.90 Å². The molecule has 0 aliphatic carbocycles. The van der Waals surface area contributed by atoms with Gasteiger partial charge in [-0.05, 0) is 17.7 Å². The van der Waals surface area contributed by atoms with E-state index in [4.69, 9.17) is 0 Å². The van der Waals surface area contributed by atoms with E-state index >= 15 is 0 Å². The number of nitrogens with zero attached hydrogens (tertiary/aromatic N) is 3. The highest BCUT2D eigenvalue weighted by atomic mass is 15.5. The normalized spacial score (nSPS) is 16.5. The number of pyridine rings is 1. The summed E-state index contributed by atoms with van der Waals surface area (Å²) in [6.07, 6.45) is 5.51. The number of rotatable bonds is 4. The molecule has 1 aliphatic heterocycles. The fourth-order valence-corrected chi connectivity index (χ4v) is 2.59. The minimum atomic E-state index is 1.02. The summed E-state index contributed by atoms with van der Waals surface area (Å²) in [5.41, 5.74) is 2.52. The van der Waals surface area contributed by atoms with Crippen LogP contribution in [-0.4, -0.2) is 42.4 Å². The lowest BCUT2D eigenvalue weighted by molar-refractivity contribution is -0.918. The van der Waals surface area contributed by atoms with Crippen LogP contribution in [0.4, 0.5) is 0 Å². The summed E-state index contributed by atoms with van der Waals surface area (Å²) in [6, 6.07) is 14.7. The van der Waals surface area contributed by atoms with Crippen molar-refractivity contribution >= 4 is 6.21 Å². The Morgan fingerprint density at radius 2 is 1.76 bits per heavy atom. The molecule has 0 spiro atoms. The van der Waals surface area contributed by atoms with Gasteiger partial charge in [-0.3, -0.25) is 9.99 Å². The van der Waals surface area contributed by atoms with E-state index in [-0.39, 0.29) is 0 Å². The summed E-state index contributed by atoms with van der Waals surface area (Å²) in [5, 5.41) is 6.72. The molecule has 0 amide bonds. The zero-order chi connectivity index (χ0) is 14.3. The van der Waals surface area contributed by atoms with Crippen LogP contribution in [0.25, 0.3) is 0 Å². The minimum absolute atomic E-state index is 1.02. The Morgan fingerprint density at radius 1 is 1.05 bits per heavy atom. The fourth-order valence-electron chi connectivity index (χ4n) is 2.59. The van der Waals surface area contributed by atoms with Crippen LogP contribution in [0, 0.1) is 0 Å². The maximum Gasteiger partial charge on any atom is 0.103 e. The quantitative estimate of drug-likeness (QED) is 0.842. The van der Waals surface area contributed by atoms with Crippen molar-refractivity contribution in [2.75, 3.05) is 26.2 Å². The zero-order valence-electron chi connectivity index (χ0n) is 12.2. The molecule has 1 aliphatic rings. The molecule has 0 unspecified atom stereocenters. The van der Waals surface area contributed by atoms with E-state index in [1.165, 1.54) is 5.56 Å². The summed E-state index contributed by atoms with van der Waals surface area (Å²) >= 11 is 0. The van der Waals surface area contributed by atoms with E-state index in [1.807, 2.05) is 18.3 Å². The predicted molar refractivity (Wildman–Crippen MR) is 84.2 cm³/mol. The van der Waals surface area contributed by atoms with Crippen LogP contribution in [-0.2, 0) is 6.54 Å². The second-order valence-corrected chi connectivity index (χ2v) is 5.39. The molecule has 4 nitrogen and oxygen atoms in total. The van der Waals surface area contributed by atoms with Crippen molar-refractivity contribution in [2.24, 2.45) is 5.10 Å². The number of quaternary nitrogens is 1. The summed E-state index contributed by atoms with van der Waals surface area (Å²) in [7, 11) is 0. The highest BCUT2D eigenvalue weighted by molar-refractivity contribution is 5.78. The first-order chi connectivity index (χ1) is 10.4. The van der Waals surface area contributed by atoms with Crippen LogP contribution < -0.4 is 4.90 Å². The van der Waals surface area contributed by atoms with Crippen molar-refractivity contribution in [3.8, 4) is 0 Å². The largest absolute Gasteiger partial charge is 0.328 e. The number of aromatic nitrogens is 1. The van der Waals surface area contributed by atoms with Gasteiger partial charge in [-0.25, -0.2) is 0 Å². The Balaban J connectivity index is 1.48. The first-order valence-corrected chi connectivity index (χ1v) is 7.46.